The third-order valence-corrected chi connectivity index (χ3v) is 6.78. The standard InChI is InChI=1S/C31H43NO10/c1-19-10-8-12-26-27(42-31(5,6)41-26)13-9-11-23-14-24(37-17-25(40-22(4)34)16-32-21(3)33)15-28(38-18-36-7)29(23)30(35)39-20(19)2/h8-11,14-15,19-20,25-27H,12-13,16-18H2,1-7H3,(H,32,33)/b10-8-,11-9+/t19-,20?,25?,26-,27+/m1/s1. The number of hydrogen-bond donors (Lipinski definition) is 1. The molecule has 42 heavy (non-hydrogen) atoms. The van der Waals surface area contributed by atoms with Gasteiger partial charge in [0, 0.05) is 32.9 Å². The lowest BCUT2D eigenvalue weighted by molar-refractivity contribution is -0.148. The third-order valence-electron chi connectivity index (χ3n) is 6.78. The Hall–Kier alpha value is -3.41. The topological polar surface area (TPSA) is 128 Å². The molecule has 2 aliphatic heterocycles. The van der Waals surface area contributed by atoms with Crippen molar-refractivity contribution in [2.75, 3.05) is 27.1 Å². The molecule has 0 radical (unpaired) electrons. The molecule has 1 amide bonds. The first-order valence-corrected chi connectivity index (χ1v) is 14.1. The van der Waals surface area contributed by atoms with E-state index in [4.69, 9.17) is 33.2 Å². The van der Waals surface area contributed by atoms with Gasteiger partial charge in [0.2, 0.25) is 5.91 Å². The average Bonchev–Trinajstić information content (AvgIpc) is 3.20. The summed E-state index contributed by atoms with van der Waals surface area (Å²) in [5, 5.41) is 2.63. The van der Waals surface area contributed by atoms with Crippen LogP contribution in [0.15, 0.2) is 30.4 Å². The second kappa shape index (κ2) is 15.2. The predicted molar refractivity (Wildman–Crippen MR) is 154 cm³/mol. The van der Waals surface area contributed by atoms with Crippen LogP contribution >= 0.6 is 0 Å². The second-order valence-corrected chi connectivity index (χ2v) is 10.9. The van der Waals surface area contributed by atoms with E-state index in [1.807, 2.05) is 45.9 Å². The number of amides is 1. The number of nitrogens with one attached hydrogen (secondary N) is 1. The maximum atomic E-state index is 13.5. The minimum Gasteiger partial charge on any atom is -0.489 e. The van der Waals surface area contributed by atoms with Crippen molar-refractivity contribution >= 4 is 23.9 Å². The highest BCUT2D eigenvalue weighted by atomic mass is 16.8. The lowest BCUT2D eigenvalue weighted by Gasteiger charge is -2.22. The summed E-state index contributed by atoms with van der Waals surface area (Å²) in [6.45, 7) is 10.2. The Morgan fingerprint density at radius 3 is 2.40 bits per heavy atom. The highest BCUT2D eigenvalue weighted by Gasteiger charge is 2.40. The highest BCUT2D eigenvalue weighted by molar-refractivity contribution is 5.97. The van der Waals surface area contributed by atoms with Crippen molar-refractivity contribution < 1.29 is 47.5 Å². The van der Waals surface area contributed by atoms with E-state index in [2.05, 4.69) is 5.32 Å². The van der Waals surface area contributed by atoms with Crippen molar-refractivity contribution in [2.24, 2.45) is 5.92 Å². The van der Waals surface area contributed by atoms with Crippen LogP contribution in [0.25, 0.3) is 6.08 Å². The number of carbonyl (C=O) groups excluding carboxylic acids is 3. The van der Waals surface area contributed by atoms with Crippen molar-refractivity contribution in [1.29, 1.82) is 0 Å². The number of ether oxygens (including phenoxy) is 7. The van der Waals surface area contributed by atoms with Crippen LogP contribution in [0.2, 0.25) is 0 Å². The molecule has 1 fully saturated rings. The minimum atomic E-state index is -0.737. The van der Waals surface area contributed by atoms with E-state index >= 15 is 0 Å². The van der Waals surface area contributed by atoms with Gasteiger partial charge in [-0.3, -0.25) is 9.59 Å². The van der Waals surface area contributed by atoms with Gasteiger partial charge in [0.1, 0.15) is 29.8 Å². The SMILES string of the molecule is COCOc1cc(OCC(CNC(C)=O)OC(C)=O)cc2c1C(=O)OC(C)[C@H](C)/C=C\C[C@H]1OC(C)(C)O[C@H]1C/C=C/2. The summed E-state index contributed by atoms with van der Waals surface area (Å²) in [4.78, 5) is 36.5. The summed E-state index contributed by atoms with van der Waals surface area (Å²) >= 11 is 0. The van der Waals surface area contributed by atoms with Gasteiger partial charge in [-0.05, 0) is 45.2 Å². The largest absolute Gasteiger partial charge is 0.489 e. The molecule has 1 aromatic carbocycles. The Labute approximate surface area is 247 Å². The Morgan fingerprint density at radius 1 is 1.07 bits per heavy atom. The van der Waals surface area contributed by atoms with E-state index in [1.165, 1.54) is 21.0 Å². The van der Waals surface area contributed by atoms with Crippen LogP contribution in [-0.4, -0.2) is 75.1 Å². The van der Waals surface area contributed by atoms with E-state index in [9.17, 15) is 14.4 Å². The minimum absolute atomic E-state index is 0.0541. The molecule has 2 unspecified atom stereocenters. The summed E-state index contributed by atoms with van der Waals surface area (Å²) in [5.74, 6) is -1.55. The fraction of sp³-hybridized carbons (Fsp3) is 0.581. The van der Waals surface area contributed by atoms with Crippen LogP contribution in [0.4, 0.5) is 0 Å². The molecule has 5 atom stereocenters. The van der Waals surface area contributed by atoms with Crippen molar-refractivity contribution in [3.05, 3.63) is 41.5 Å². The van der Waals surface area contributed by atoms with E-state index in [0.717, 1.165) is 0 Å². The number of methoxy groups -OCH3 is 1. The quantitative estimate of drug-likeness (QED) is 0.255. The summed E-state index contributed by atoms with van der Waals surface area (Å²) in [7, 11) is 1.47. The van der Waals surface area contributed by atoms with Gasteiger partial charge in [-0.25, -0.2) is 4.79 Å². The highest BCUT2D eigenvalue weighted by Crippen LogP contribution is 2.35. The van der Waals surface area contributed by atoms with E-state index in [0.29, 0.717) is 24.2 Å². The molecule has 2 heterocycles. The number of benzene rings is 1. The first kappa shape index (κ1) is 33.1. The zero-order valence-corrected chi connectivity index (χ0v) is 25.5. The molecular formula is C31H43NO10. The molecule has 11 nitrogen and oxygen atoms in total. The van der Waals surface area contributed by atoms with Gasteiger partial charge in [0.25, 0.3) is 0 Å². The average molecular weight is 590 g/mol. The molecule has 0 bridgehead atoms. The van der Waals surface area contributed by atoms with Gasteiger partial charge in [0.15, 0.2) is 18.7 Å². The zero-order valence-electron chi connectivity index (χ0n) is 25.5. The summed E-state index contributed by atoms with van der Waals surface area (Å²) < 4.78 is 40.4. The molecule has 0 saturated carbocycles. The monoisotopic (exact) mass is 589 g/mol. The second-order valence-electron chi connectivity index (χ2n) is 10.9. The lowest BCUT2D eigenvalue weighted by atomic mass is 10.00. The molecule has 1 N–H and O–H groups in total. The number of carbonyl (C=O) groups is 3. The van der Waals surface area contributed by atoms with Gasteiger partial charge < -0.3 is 38.5 Å². The lowest BCUT2D eigenvalue weighted by Crippen LogP contribution is -2.37. The van der Waals surface area contributed by atoms with Gasteiger partial charge in [-0.2, -0.15) is 0 Å². The van der Waals surface area contributed by atoms with Gasteiger partial charge >= 0.3 is 11.9 Å². The molecule has 1 aromatic rings. The van der Waals surface area contributed by atoms with Crippen LogP contribution in [0.3, 0.4) is 0 Å². The number of cyclic esters (lactones) is 1. The normalized spacial score (nSPS) is 25.9. The van der Waals surface area contributed by atoms with Crippen molar-refractivity contribution in [1.82, 2.24) is 5.32 Å². The molecular weight excluding hydrogens is 546 g/mol. The van der Waals surface area contributed by atoms with E-state index < -0.39 is 29.9 Å². The maximum Gasteiger partial charge on any atom is 0.342 e. The summed E-state index contributed by atoms with van der Waals surface area (Å²) in [6.07, 6.45) is 7.50. The molecule has 1 saturated heterocycles. The van der Waals surface area contributed by atoms with Gasteiger partial charge in [-0.15, -0.1) is 0 Å². The van der Waals surface area contributed by atoms with Crippen molar-refractivity contribution in [2.45, 2.75) is 84.6 Å². The van der Waals surface area contributed by atoms with Gasteiger partial charge in [-0.1, -0.05) is 31.2 Å². The Kier molecular flexibility index (Phi) is 12.0. The first-order chi connectivity index (χ1) is 19.9. The Morgan fingerprint density at radius 2 is 1.76 bits per heavy atom. The third kappa shape index (κ3) is 9.85. The van der Waals surface area contributed by atoms with E-state index in [-0.39, 0.29) is 55.3 Å². The van der Waals surface area contributed by atoms with E-state index in [1.54, 1.807) is 18.2 Å². The van der Waals surface area contributed by atoms with Gasteiger partial charge in [0.05, 0.1) is 18.8 Å². The molecule has 3 rings (SSSR count). The fourth-order valence-corrected chi connectivity index (χ4v) is 4.65. The molecule has 232 valence electrons. The molecule has 0 aromatic heterocycles. The van der Waals surface area contributed by atoms with Crippen LogP contribution in [0, 0.1) is 5.92 Å². The Balaban J connectivity index is 1.99. The van der Waals surface area contributed by atoms with Crippen molar-refractivity contribution in [3.8, 4) is 11.5 Å². The number of fused-ring (bicyclic) bond motifs is 2. The number of rotatable bonds is 9. The Bertz CT molecular complexity index is 1160. The smallest absolute Gasteiger partial charge is 0.342 e. The molecule has 0 aliphatic carbocycles. The first-order valence-electron chi connectivity index (χ1n) is 14.1. The predicted octanol–water partition coefficient (Wildman–Crippen LogP) is 4.18. The van der Waals surface area contributed by atoms with Crippen LogP contribution in [-0.2, 0) is 33.3 Å². The number of esters is 2. The zero-order chi connectivity index (χ0) is 30.9. The number of hydrogen-bond acceptors (Lipinski definition) is 10. The van der Waals surface area contributed by atoms with Crippen LogP contribution in [0.1, 0.15) is 70.3 Å². The molecule has 2 aliphatic rings. The fourth-order valence-electron chi connectivity index (χ4n) is 4.65. The maximum absolute atomic E-state index is 13.5. The molecule has 11 heteroatoms. The summed E-state index contributed by atoms with van der Waals surface area (Å²) in [5.41, 5.74) is 0.711. The van der Waals surface area contributed by atoms with Crippen LogP contribution < -0.4 is 14.8 Å². The van der Waals surface area contributed by atoms with Crippen molar-refractivity contribution in [3.63, 3.8) is 0 Å². The molecule has 0 spiro atoms. The summed E-state index contributed by atoms with van der Waals surface area (Å²) in [6, 6.07) is 3.24. The van der Waals surface area contributed by atoms with Crippen LogP contribution in [0.5, 0.6) is 11.5 Å².